The van der Waals surface area contributed by atoms with Crippen molar-refractivity contribution in [2.45, 2.75) is 0 Å². The van der Waals surface area contributed by atoms with Gasteiger partial charge in [-0.15, -0.1) is 0 Å². The van der Waals surface area contributed by atoms with Gasteiger partial charge < -0.3 is 9.05 Å². The highest BCUT2D eigenvalue weighted by Crippen LogP contribution is 2.51. The van der Waals surface area contributed by atoms with Crippen LogP contribution in [0.2, 0.25) is 20.1 Å². The molecular weight excluding hydrogens is 437 g/mol. The van der Waals surface area contributed by atoms with E-state index in [1.807, 2.05) is 0 Å². The standard InChI is InChI=1S/C18H11Cl4O3P/c19-13-8-4-10-15(17(13)21)24-26(23,12-6-2-1-3-7-12)25-16-11-5-9-14(20)18(16)22/h1-11H. The van der Waals surface area contributed by atoms with Gasteiger partial charge in [-0.2, -0.15) is 0 Å². The monoisotopic (exact) mass is 446 g/mol. The summed E-state index contributed by atoms with van der Waals surface area (Å²) in [5.74, 6) is 0.258. The normalized spacial score (nSPS) is 11.2. The first-order valence-corrected chi connectivity index (χ1v) is 10.4. The Hall–Kier alpha value is -1.35. The minimum absolute atomic E-state index is 0.129. The lowest BCUT2D eigenvalue weighted by Crippen LogP contribution is -2.14. The summed E-state index contributed by atoms with van der Waals surface area (Å²) in [5.41, 5.74) is 0. The second-order valence-electron chi connectivity index (χ2n) is 5.12. The van der Waals surface area contributed by atoms with E-state index in [9.17, 15) is 4.57 Å². The minimum atomic E-state index is -3.90. The molecule has 8 heteroatoms. The van der Waals surface area contributed by atoms with Crippen LogP contribution < -0.4 is 14.4 Å². The van der Waals surface area contributed by atoms with Crippen LogP contribution in [0.5, 0.6) is 11.5 Å². The van der Waals surface area contributed by atoms with Crippen molar-refractivity contribution in [3.05, 3.63) is 86.8 Å². The van der Waals surface area contributed by atoms with Gasteiger partial charge in [0.1, 0.15) is 10.0 Å². The van der Waals surface area contributed by atoms with Gasteiger partial charge in [0.15, 0.2) is 11.5 Å². The average molecular weight is 448 g/mol. The Morgan fingerprint density at radius 2 is 1.08 bits per heavy atom. The van der Waals surface area contributed by atoms with Gasteiger partial charge in [-0.1, -0.05) is 76.7 Å². The van der Waals surface area contributed by atoms with E-state index < -0.39 is 7.60 Å². The molecule has 0 fully saturated rings. The fourth-order valence-electron chi connectivity index (χ4n) is 2.10. The van der Waals surface area contributed by atoms with Gasteiger partial charge in [0.25, 0.3) is 0 Å². The van der Waals surface area contributed by atoms with Crippen molar-refractivity contribution < 1.29 is 13.6 Å². The van der Waals surface area contributed by atoms with Crippen molar-refractivity contribution >= 4 is 59.3 Å². The quantitative estimate of drug-likeness (QED) is 0.385. The maximum absolute atomic E-state index is 13.6. The molecule has 3 aromatic carbocycles. The Balaban J connectivity index is 2.07. The van der Waals surface area contributed by atoms with E-state index in [2.05, 4.69) is 0 Å². The van der Waals surface area contributed by atoms with Gasteiger partial charge in [-0.05, 0) is 36.4 Å². The van der Waals surface area contributed by atoms with Gasteiger partial charge in [0, 0.05) is 0 Å². The molecule has 0 saturated carbocycles. The Bertz CT molecular complexity index is 922. The van der Waals surface area contributed by atoms with Crippen molar-refractivity contribution in [3.63, 3.8) is 0 Å². The van der Waals surface area contributed by atoms with Crippen LogP contribution in [0.15, 0.2) is 66.7 Å². The Kier molecular flexibility index (Phi) is 6.06. The van der Waals surface area contributed by atoms with Gasteiger partial charge >= 0.3 is 7.60 Å². The summed E-state index contributed by atoms with van der Waals surface area (Å²) >= 11 is 24.4. The van der Waals surface area contributed by atoms with Crippen LogP contribution in [-0.4, -0.2) is 0 Å². The lowest BCUT2D eigenvalue weighted by atomic mass is 10.3. The maximum Gasteiger partial charge on any atom is 0.462 e. The molecule has 0 saturated heterocycles. The topological polar surface area (TPSA) is 35.5 Å². The molecule has 0 atom stereocenters. The highest BCUT2D eigenvalue weighted by Gasteiger charge is 2.33. The molecule has 0 radical (unpaired) electrons. The molecule has 0 heterocycles. The van der Waals surface area contributed by atoms with E-state index in [1.165, 1.54) is 0 Å². The summed E-state index contributed by atoms with van der Waals surface area (Å²) in [6, 6.07) is 18.0. The van der Waals surface area contributed by atoms with Crippen molar-refractivity contribution in [3.8, 4) is 11.5 Å². The summed E-state index contributed by atoms with van der Waals surface area (Å²) in [6.45, 7) is 0. The second-order valence-corrected chi connectivity index (χ2v) is 8.57. The van der Waals surface area contributed by atoms with E-state index in [0.717, 1.165) is 0 Å². The minimum Gasteiger partial charge on any atom is -0.411 e. The summed E-state index contributed by atoms with van der Waals surface area (Å²) in [7, 11) is -3.90. The lowest BCUT2D eigenvalue weighted by Gasteiger charge is -2.21. The number of benzene rings is 3. The molecule has 0 aliphatic carbocycles. The van der Waals surface area contributed by atoms with Crippen LogP contribution in [0.25, 0.3) is 0 Å². The van der Waals surface area contributed by atoms with E-state index in [0.29, 0.717) is 5.30 Å². The highest BCUT2D eigenvalue weighted by atomic mass is 35.5. The molecular formula is C18H11Cl4O3P. The molecule has 26 heavy (non-hydrogen) atoms. The Labute approximate surface area is 170 Å². The molecule has 0 aliphatic rings. The number of halogens is 4. The molecule has 0 unspecified atom stereocenters. The molecule has 3 aromatic rings. The SMILES string of the molecule is O=P(Oc1cccc(Cl)c1Cl)(Oc1cccc(Cl)c1Cl)c1ccccc1. The smallest absolute Gasteiger partial charge is 0.411 e. The Morgan fingerprint density at radius 3 is 1.54 bits per heavy atom. The van der Waals surface area contributed by atoms with Crippen LogP contribution in [0, 0.1) is 0 Å². The second kappa shape index (κ2) is 8.12. The predicted molar refractivity (Wildman–Crippen MR) is 108 cm³/mol. The van der Waals surface area contributed by atoms with Crippen molar-refractivity contribution in [1.82, 2.24) is 0 Å². The molecule has 3 rings (SSSR count). The molecule has 0 aromatic heterocycles. The molecule has 0 N–H and O–H groups in total. The van der Waals surface area contributed by atoms with Crippen LogP contribution in [0.4, 0.5) is 0 Å². The molecule has 3 nitrogen and oxygen atoms in total. The van der Waals surface area contributed by atoms with E-state index in [4.69, 9.17) is 55.5 Å². The average Bonchev–Trinajstić information content (AvgIpc) is 2.64. The molecule has 0 bridgehead atoms. The van der Waals surface area contributed by atoms with Crippen LogP contribution in [-0.2, 0) is 4.57 Å². The van der Waals surface area contributed by atoms with E-state index in [1.54, 1.807) is 66.7 Å². The first kappa shape index (κ1) is 19.4. The van der Waals surface area contributed by atoms with Crippen molar-refractivity contribution in [2.24, 2.45) is 0 Å². The largest absolute Gasteiger partial charge is 0.462 e. The molecule has 0 spiro atoms. The molecule has 0 amide bonds. The van der Waals surface area contributed by atoms with Crippen molar-refractivity contribution in [2.75, 3.05) is 0 Å². The van der Waals surface area contributed by atoms with E-state index >= 15 is 0 Å². The molecule has 0 aliphatic heterocycles. The zero-order chi connectivity index (χ0) is 18.7. The number of hydrogen-bond donors (Lipinski definition) is 0. The van der Waals surface area contributed by atoms with Gasteiger partial charge in [-0.3, -0.25) is 0 Å². The van der Waals surface area contributed by atoms with Gasteiger partial charge in [0.05, 0.1) is 15.3 Å². The highest BCUT2D eigenvalue weighted by molar-refractivity contribution is 7.63. The molecule has 134 valence electrons. The van der Waals surface area contributed by atoms with Crippen LogP contribution in [0.1, 0.15) is 0 Å². The third kappa shape index (κ3) is 4.14. The third-order valence-corrected chi connectivity index (χ3v) is 6.75. The number of rotatable bonds is 5. The summed E-state index contributed by atoms with van der Waals surface area (Å²) in [5, 5.41) is 1.12. The third-order valence-electron chi connectivity index (χ3n) is 3.34. The number of hydrogen-bond acceptors (Lipinski definition) is 3. The fourth-order valence-corrected chi connectivity index (χ4v) is 4.48. The maximum atomic E-state index is 13.6. The predicted octanol–water partition coefficient (Wildman–Crippen LogP) is 7.28. The first-order chi connectivity index (χ1) is 12.4. The van der Waals surface area contributed by atoms with Crippen molar-refractivity contribution in [1.29, 1.82) is 0 Å². The zero-order valence-electron chi connectivity index (χ0n) is 13.0. The van der Waals surface area contributed by atoms with Crippen LogP contribution in [0.3, 0.4) is 0 Å². The summed E-state index contributed by atoms with van der Waals surface area (Å²) < 4.78 is 25.1. The summed E-state index contributed by atoms with van der Waals surface area (Å²) in [6.07, 6.45) is 0. The van der Waals surface area contributed by atoms with Gasteiger partial charge in [0.2, 0.25) is 0 Å². The zero-order valence-corrected chi connectivity index (χ0v) is 17.0. The van der Waals surface area contributed by atoms with Gasteiger partial charge in [-0.25, -0.2) is 4.57 Å². The lowest BCUT2D eigenvalue weighted by molar-refractivity contribution is 0.399. The fraction of sp³-hybridized carbons (Fsp3) is 0. The van der Waals surface area contributed by atoms with Crippen LogP contribution >= 0.6 is 54.0 Å². The Morgan fingerprint density at radius 1 is 0.615 bits per heavy atom. The summed E-state index contributed by atoms with van der Waals surface area (Å²) in [4.78, 5) is 0. The first-order valence-electron chi connectivity index (χ1n) is 7.33. The van der Waals surface area contributed by atoms with E-state index in [-0.39, 0.29) is 31.6 Å².